The first kappa shape index (κ1) is 9.21. The molecule has 1 unspecified atom stereocenters. The Morgan fingerprint density at radius 1 is 1.67 bits per heavy atom. The highest BCUT2D eigenvalue weighted by molar-refractivity contribution is 6.17. The van der Waals surface area contributed by atoms with Crippen molar-refractivity contribution in [2.24, 2.45) is 0 Å². The fourth-order valence-corrected chi connectivity index (χ4v) is 0.743. The number of hydrogen-bond donors (Lipinski definition) is 1. The van der Waals surface area contributed by atoms with Crippen molar-refractivity contribution in [1.82, 2.24) is 0 Å². The van der Waals surface area contributed by atoms with Crippen molar-refractivity contribution >= 4 is 11.6 Å². The van der Waals surface area contributed by atoms with E-state index < -0.39 is 0 Å². The average Bonchev–Trinajstić information content (AvgIpc) is 1.85. The van der Waals surface area contributed by atoms with E-state index in [2.05, 4.69) is 0 Å². The molecule has 0 aromatic carbocycles. The molecular formula is C6H13ClO2. The Morgan fingerprint density at radius 3 is 2.78 bits per heavy atom. The van der Waals surface area contributed by atoms with Crippen LogP contribution >= 0.6 is 11.6 Å². The van der Waals surface area contributed by atoms with Crippen LogP contribution in [0.25, 0.3) is 0 Å². The van der Waals surface area contributed by atoms with Gasteiger partial charge in [-0.15, -0.1) is 11.6 Å². The largest absolute Gasteiger partial charge is 0.391 e. The molecule has 1 atom stereocenters. The zero-order valence-corrected chi connectivity index (χ0v) is 6.40. The van der Waals surface area contributed by atoms with Gasteiger partial charge in [0, 0.05) is 13.0 Å². The first-order valence-electron chi connectivity index (χ1n) is 3.04. The lowest BCUT2D eigenvalue weighted by Gasteiger charge is -2.06. The fraction of sp³-hybridized carbons (Fsp3) is 1.00. The first-order chi connectivity index (χ1) is 4.31. The zero-order valence-electron chi connectivity index (χ0n) is 5.64. The summed E-state index contributed by atoms with van der Waals surface area (Å²) in [6, 6.07) is 0. The van der Waals surface area contributed by atoms with Crippen LogP contribution in [0.15, 0.2) is 0 Å². The summed E-state index contributed by atoms with van der Waals surface area (Å²) in [4.78, 5) is 0. The van der Waals surface area contributed by atoms with Crippen LogP contribution in [0.4, 0.5) is 0 Å². The summed E-state index contributed by atoms with van der Waals surface area (Å²) in [7, 11) is 1.57. The van der Waals surface area contributed by atoms with Gasteiger partial charge in [-0.05, 0) is 12.8 Å². The molecule has 1 N–H and O–H groups in total. The molecule has 0 aliphatic carbocycles. The second kappa shape index (κ2) is 6.33. The molecule has 0 rings (SSSR count). The molecule has 0 aliphatic heterocycles. The summed E-state index contributed by atoms with van der Waals surface area (Å²) < 4.78 is 4.71. The molecule has 0 aromatic rings. The molecule has 0 saturated carbocycles. The maximum Gasteiger partial charge on any atom is 0.0773 e. The summed E-state index contributed by atoms with van der Waals surface area (Å²) >= 11 is 5.39. The molecular weight excluding hydrogens is 140 g/mol. The molecule has 9 heavy (non-hydrogen) atoms. The molecule has 2 nitrogen and oxygen atoms in total. The number of ether oxygens (including phenoxy) is 1. The van der Waals surface area contributed by atoms with Gasteiger partial charge in [-0.3, -0.25) is 0 Å². The highest BCUT2D eigenvalue weighted by Gasteiger charge is 2.00. The second-order valence-electron chi connectivity index (χ2n) is 1.94. The third-order valence-electron chi connectivity index (χ3n) is 1.03. The lowest BCUT2D eigenvalue weighted by atomic mass is 10.2. The molecule has 0 saturated heterocycles. The van der Waals surface area contributed by atoms with Crippen LogP contribution in [0.3, 0.4) is 0 Å². The minimum atomic E-state index is -0.339. The van der Waals surface area contributed by atoms with E-state index in [4.69, 9.17) is 21.4 Å². The van der Waals surface area contributed by atoms with Crippen molar-refractivity contribution in [1.29, 1.82) is 0 Å². The summed E-state index contributed by atoms with van der Waals surface area (Å²) in [5, 5.41) is 9.00. The third-order valence-corrected chi connectivity index (χ3v) is 1.30. The Hall–Kier alpha value is 0.210. The highest BCUT2D eigenvalue weighted by atomic mass is 35.5. The van der Waals surface area contributed by atoms with Gasteiger partial charge in [0.05, 0.1) is 12.7 Å². The van der Waals surface area contributed by atoms with E-state index in [1.165, 1.54) is 0 Å². The van der Waals surface area contributed by atoms with Crippen molar-refractivity contribution in [3.63, 3.8) is 0 Å². The minimum absolute atomic E-state index is 0.339. The van der Waals surface area contributed by atoms with Gasteiger partial charge < -0.3 is 9.84 Å². The molecule has 0 fully saturated rings. The SMILES string of the molecule is COCC(O)CCCCl. The van der Waals surface area contributed by atoms with Crippen molar-refractivity contribution in [3.8, 4) is 0 Å². The Kier molecular flexibility index (Phi) is 6.48. The van der Waals surface area contributed by atoms with Crippen LogP contribution in [0, 0.1) is 0 Å². The van der Waals surface area contributed by atoms with Gasteiger partial charge in [0.2, 0.25) is 0 Å². The van der Waals surface area contributed by atoms with Crippen molar-refractivity contribution in [2.45, 2.75) is 18.9 Å². The second-order valence-corrected chi connectivity index (χ2v) is 2.32. The summed E-state index contributed by atoms with van der Waals surface area (Å²) in [5.41, 5.74) is 0. The standard InChI is InChI=1S/C6H13ClO2/c1-9-5-6(8)3-2-4-7/h6,8H,2-5H2,1H3. The van der Waals surface area contributed by atoms with E-state index in [1.54, 1.807) is 7.11 Å². The monoisotopic (exact) mass is 152 g/mol. The Labute approximate surface area is 60.8 Å². The quantitative estimate of drug-likeness (QED) is 0.596. The molecule has 3 heteroatoms. The molecule has 56 valence electrons. The van der Waals surface area contributed by atoms with Gasteiger partial charge in [0.15, 0.2) is 0 Å². The van der Waals surface area contributed by atoms with E-state index in [1.807, 2.05) is 0 Å². The molecule has 0 spiro atoms. The van der Waals surface area contributed by atoms with E-state index >= 15 is 0 Å². The predicted molar refractivity (Wildman–Crippen MR) is 37.8 cm³/mol. The number of aliphatic hydroxyl groups is 1. The molecule has 0 aliphatic rings. The van der Waals surface area contributed by atoms with Crippen molar-refractivity contribution < 1.29 is 9.84 Å². The molecule has 0 amide bonds. The van der Waals surface area contributed by atoms with Gasteiger partial charge in [-0.1, -0.05) is 0 Å². The van der Waals surface area contributed by atoms with Gasteiger partial charge in [-0.25, -0.2) is 0 Å². The van der Waals surface area contributed by atoms with Crippen molar-refractivity contribution in [3.05, 3.63) is 0 Å². The maximum absolute atomic E-state index is 9.00. The van der Waals surface area contributed by atoms with E-state index in [-0.39, 0.29) is 6.10 Å². The fourth-order valence-electron chi connectivity index (χ4n) is 0.588. The lowest BCUT2D eigenvalue weighted by Crippen LogP contribution is -2.13. The summed E-state index contributed by atoms with van der Waals surface area (Å²) in [6.45, 7) is 0.414. The van der Waals surface area contributed by atoms with Crippen LogP contribution < -0.4 is 0 Å². The van der Waals surface area contributed by atoms with Gasteiger partial charge >= 0.3 is 0 Å². The number of hydrogen-bond acceptors (Lipinski definition) is 2. The van der Waals surface area contributed by atoms with Crippen LogP contribution in [-0.2, 0) is 4.74 Å². The highest BCUT2D eigenvalue weighted by Crippen LogP contribution is 1.97. The molecule has 0 radical (unpaired) electrons. The third kappa shape index (κ3) is 6.09. The Balaban J connectivity index is 2.95. The first-order valence-corrected chi connectivity index (χ1v) is 3.57. The lowest BCUT2D eigenvalue weighted by molar-refractivity contribution is 0.0590. The Bertz CT molecular complexity index is 59.0. The number of methoxy groups -OCH3 is 1. The number of halogens is 1. The number of aliphatic hydroxyl groups excluding tert-OH is 1. The van der Waals surface area contributed by atoms with Crippen LogP contribution in [0.5, 0.6) is 0 Å². The predicted octanol–water partition coefficient (Wildman–Crippen LogP) is 1.01. The summed E-state index contributed by atoms with van der Waals surface area (Å²) in [6.07, 6.45) is 1.25. The Morgan fingerprint density at radius 2 is 2.33 bits per heavy atom. The van der Waals surface area contributed by atoms with Crippen molar-refractivity contribution in [2.75, 3.05) is 19.6 Å². The van der Waals surface area contributed by atoms with Crippen LogP contribution in [0.2, 0.25) is 0 Å². The number of rotatable bonds is 5. The zero-order chi connectivity index (χ0) is 7.11. The normalized spacial score (nSPS) is 13.7. The van der Waals surface area contributed by atoms with Crippen LogP contribution in [-0.4, -0.2) is 30.8 Å². The number of alkyl halides is 1. The van der Waals surface area contributed by atoms with Gasteiger partial charge in [-0.2, -0.15) is 0 Å². The van der Waals surface area contributed by atoms with E-state index in [0.29, 0.717) is 12.5 Å². The van der Waals surface area contributed by atoms with Gasteiger partial charge in [0.25, 0.3) is 0 Å². The van der Waals surface area contributed by atoms with Gasteiger partial charge in [0.1, 0.15) is 0 Å². The topological polar surface area (TPSA) is 29.5 Å². The van der Waals surface area contributed by atoms with Crippen LogP contribution in [0.1, 0.15) is 12.8 Å². The summed E-state index contributed by atoms with van der Waals surface area (Å²) in [5.74, 6) is 0.612. The molecule has 0 bridgehead atoms. The minimum Gasteiger partial charge on any atom is -0.391 e. The van der Waals surface area contributed by atoms with E-state index in [9.17, 15) is 0 Å². The smallest absolute Gasteiger partial charge is 0.0773 e. The average molecular weight is 153 g/mol. The molecule has 0 heterocycles. The van der Waals surface area contributed by atoms with E-state index in [0.717, 1.165) is 12.8 Å². The molecule has 0 aromatic heterocycles. The maximum atomic E-state index is 9.00.